The standard InChI is InChI=1S/C15H21NO/c1-13-7-3-4-8-14(13)9-10-15(17)16-11-5-2-6-12-16/h3-4,7-8H,2,5-6,9-12H2,1H3. The molecule has 1 aromatic rings. The van der Waals surface area contributed by atoms with Crippen LogP contribution in [-0.4, -0.2) is 23.9 Å². The average Bonchev–Trinajstić information content (AvgIpc) is 2.38. The lowest BCUT2D eigenvalue weighted by molar-refractivity contribution is -0.132. The van der Waals surface area contributed by atoms with Crippen LogP contribution in [-0.2, 0) is 11.2 Å². The Kier molecular flexibility index (Phi) is 4.18. The first-order valence-corrected chi connectivity index (χ1v) is 6.59. The van der Waals surface area contributed by atoms with Gasteiger partial charge in [-0.1, -0.05) is 24.3 Å². The Bertz CT molecular complexity index is 380. The van der Waals surface area contributed by atoms with Gasteiger partial charge in [-0.15, -0.1) is 0 Å². The number of likely N-dealkylation sites (tertiary alicyclic amines) is 1. The molecule has 0 radical (unpaired) electrons. The van der Waals surface area contributed by atoms with E-state index in [4.69, 9.17) is 0 Å². The minimum Gasteiger partial charge on any atom is -0.343 e. The third kappa shape index (κ3) is 3.32. The number of benzene rings is 1. The summed E-state index contributed by atoms with van der Waals surface area (Å²) in [5.41, 5.74) is 2.59. The van der Waals surface area contributed by atoms with Gasteiger partial charge >= 0.3 is 0 Å². The Morgan fingerprint density at radius 1 is 1.18 bits per heavy atom. The SMILES string of the molecule is Cc1ccccc1CCC(=O)N1CCCCC1. The lowest BCUT2D eigenvalue weighted by atomic mass is 10.0. The van der Waals surface area contributed by atoms with Gasteiger partial charge < -0.3 is 4.90 Å². The Balaban J connectivity index is 1.85. The van der Waals surface area contributed by atoms with Crippen LogP contribution in [0.25, 0.3) is 0 Å². The molecular weight excluding hydrogens is 210 g/mol. The first-order chi connectivity index (χ1) is 8.27. The highest BCUT2D eigenvalue weighted by molar-refractivity contribution is 5.76. The quantitative estimate of drug-likeness (QED) is 0.783. The molecule has 1 aliphatic heterocycles. The third-order valence-corrected chi connectivity index (χ3v) is 3.58. The summed E-state index contributed by atoms with van der Waals surface area (Å²) in [7, 11) is 0. The van der Waals surface area contributed by atoms with E-state index in [0.717, 1.165) is 19.5 Å². The molecule has 0 N–H and O–H groups in total. The molecule has 0 saturated carbocycles. The Morgan fingerprint density at radius 3 is 2.59 bits per heavy atom. The van der Waals surface area contributed by atoms with Crippen LogP contribution in [0.15, 0.2) is 24.3 Å². The van der Waals surface area contributed by atoms with Crippen LogP contribution in [0.3, 0.4) is 0 Å². The molecule has 0 unspecified atom stereocenters. The maximum atomic E-state index is 12.0. The highest BCUT2D eigenvalue weighted by atomic mass is 16.2. The van der Waals surface area contributed by atoms with Gasteiger partial charge in [-0.3, -0.25) is 4.79 Å². The molecule has 1 saturated heterocycles. The van der Waals surface area contributed by atoms with E-state index in [1.54, 1.807) is 0 Å². The molecule has 0 aromatic heterocycles. The monoisotopic (exact) mass is 231 g/mol. The third-order valence-electron chi connectivity index (χ3n) is 3.58. The van der Waals surface area contributed by atoms with Crippen molar-refractivity contribution in [3.8, 4) is 0 Å². The van der Waals surface area contributed by atoms with Crippen LogP contribution in [0.1, 0.15) is 36.8 Å². The largest absolute Gasteiger partial charge is 0.343 e. The average molecular weight is 231 g/mol. The fourth-order valence-electron chi connectivity index (χ4n) is 2.43. The second-order valence-electron chi connectivity index (χ2n) is 4.87. The second-order valence-corrected chi connectivity index (χ2v) is 4.87. The number of rotatable bonds is 3. The van der Waals surface area contributed by atoms with Crippen molar-refractivity contribution < 1.29 is 4.79 Å². The highest BCUT2D eigenvalue weighted by Gasteiger charge is 2.16. The summed E-state index contributed by atoms with van der Waals surface area (Å²) in [6.45, 7) is 4.04. The molecule has 0 atom stereocenters. The zero-order valence-electron chi connectivity index (χ0n) is 10.6. The fraction of sp³-hybridized carbons (Fsp3) is 0.533. The molecule has 0 spiro atoms. The molecule has 1 aromatic carbocycles. The molecule has 1 fully saturated rings. The minimum absolute atomic E-state index is 0.327. The molecule has 92 valence electrons. The number of nitrogens with zero attached hydrogens (tertiary/aromatic N) is 1. The van der Waals surface area contributed by atoms with Crippen LogP contribution < -0.4 is 0 Å². The summed E-state index contributed by atoms with van der Waals surface area (Å²) in [6.07, 6.45) is 5.17. The Labute approximate surface area is 104 Å². The summed E-state index contributed by atoms with van der Waals surface area (Å²) in [4.78, 5) is 14.0. The van der Waals surface area contributed by atoms with E-state index in [1.165, 1.54) is 30.4 Å². The van der Waals surface area contributed by atoms with Gasteiger partial charge in [-0.05, 0) is 43.7 Å². The van der Waals surface area contributed by atoms with Crippen LogP contribution in [0.5, 0.6) is 0 Å². The number of aryl methyl sites for hydroxylation is 2. The van der Waals surface area contributed by atoms with Gasteiger partial charge in [0.1, 0.15) is 0 Å². The second kappa shape index (κ2) is 5.85. The van der Waals surface area contributed by atoms with Crippen molar-refractivity contribution in [3.63, 3.8) is 0 Å². The minimum atomic E-state index is 0.327. The Hall–Kier alpha value is -1.31. The zero-order chi connectivity index (χ0) is 12.1. The summed E-state index contributed by atoms with van der Waals surface area (Å²) in [6, 6.07) is 8.33. The van der Waals surface area contributed by atoms with Gasteiger partial charge in [-0.2, -0.15) is 0 Å². The fourth-order valence-corrected chi connectivity index (χ4v) is 2.43. The van der Waals surface area contributed by atoms with Gasteiger partial charge in [0.2, 0.25) is 5.91 Å². The van der Waals surface area contributed by atoms with Crippen molar-refractivity contribution in [3.05, 3.63) is 35.4 Å². The molecule has 2 heteroatoms. The van der Waals surface area contributed by atoms with Crippen LogP contribution >= 0.6 is 0 Å². The van der Waals surface area contributed by atoms with Gasteiger partial charge in [0, 0.05) is 19.5 Å². The van der Waals surface area contributed by atoms with Crippen molar-refractivity contribution >= 4 is 5.91 Å². The van der Waals surface area contributed by atoms with Crippen LogP contribution in [0.2, 0.25) is 0 Å². The zero-order valence-corrected chi connectivity index (χ0v) is 10.6. The predicted molar refractivity (Wildman–Crippen MR) is 69.9 cm³/mol. The highest BCUT2D eigenvalue weighted by Crippen LogP contribution is 2.13. The molecule has 1 amide bonds. The molecule has 2 nitrogen and oxygen atoms in total. The van der Waals surface area contributed by atoms with Crippen molar-refractivity contribution in [2.24, 2.45) is 0 Å². The Morgan fingerprint density at radius 2 is 1.88 bits per heavy atom. The van der Waals surface area contributed by atoms with E-state index >= 15 is 0 Å². The normalized spacial score (nSPS) is 15.9. The lowest BCUT2D eigenvalue weighted by Gasteiger charge is -2.26. The smallest absolute Gasteiger partial charge is 0.222 e. The lowest BCUT2D eigenvalue weighted by Crippen LogP contribution is -2.35. The van der Waals surface area contributed by atoms with E-state index in [9.17, 15) is 4.79 Å². The predicted octanol–water partition coefficient (Wildman–Crippen LogP) is 2.94. The molecule has 2 rings (SSSR count). The van der Waals surface area contributed by atoms with Crippen LogP contribution in [0, 0.1) is 6.92 Å². The molecule has 0 aliphatic carbocycles. The number of carbonyl (C=O) groups is 1. The number of amides is 1. The summed E-state index contributed by atoms with van der Waals surface area (Å²) < 4.78 is 0. The van der Waals surface area contributed by atoms with E-state index < -0.39 is 0 Å². The van der Waals surface area contributed by atoms with Gasteiger partial charge in [0.15, 0.2) is 0 Å². The van der Waals surface area contributed by atoms with Crippen molar-refractivity contribution in [2.45, 2.75) is 39.0 Å². The summed E-state index contributed by atoms with van der Waals surface area (Å²) in [5, 5.41) is 0. The number of carbonyl (C=O) groups excluding carboxylic acids is 1. The molecular formula is C15H21NO. The number of piperidine rings is 1. The maximum Gasteiger partial charge on any atom is 0.222 e. The first-order valence-electron chi connectivity index (χ1n) is 6.59. The van der Waals surface area contributed by atoms with Gasteiger partial charge in [0.05, 0.1) is 0 Å². The first kappa shape index (κ1) is 12.2. The molecule has 17 heavy (non-hydrogen) atoms. The van der Waals surface area contributed by atoms with E-state index in [2.05, 4.69) is 19.1 Å². The molecule has 1 heterocycles. The summed E-state index contributed by atoms with van der Waals surface area (Å²) in [5.74, 6) is 0.327. The van der Waals surface area contributed by atoms with Gasteiger partial charge in [0.25, 0.3) is 0 Å². The maximum absolute atomic E-state index is 12.0. The van der Waals surface area contributed by atoms with E-state index in [-0.39, 0.29) is 0 Å². The van der Waals surface area contributed by atoms with Crippen molar-refractivity contribution in [1.82, 2.24) is 4.90 Å². The number of hydrogen-bond acceptors (Lipinski definition) is 1. The molecule has 1 aliphatic rings. The van der Waals surface area contributed by atoms with Crippen molar-refractivity contribution in [1.29, 1.82) is 0 Å². The number of hydrogen-bond donors (Lipinski definition) is 0. The van der Waals surface area contributed by atoms with Crippen LogP contribution in [0.4, 0.5) is 0 Å². The van der Waals surface area contributed by atoms with E-state index in [0.29, 0.717) is 12.3 Å². The summed E-state index contributed by atoms with van der Waals surface area (Å²) >= 11 is 0. The topological polar surface area (TPSA) is 20.3 Å². The molecule has 0 bridgehead atoms. The van der Waals surface area contributed by atoms with E-state index in [1.807, 2.05) is 17.0 Å². The van der Waals surface area contributed by atoms with Gasteiger partial charge in [-0.25, -0.2) is 0 Å². The van der Waals surface area contributed by atoms with Crippen molar-refractivity contribution in [2.75, 3.05) is 13.1 Å².